The lowest BCUT2D eigenvalue weighted by molar-refractivity contribution is 0.336. The summed E-state index contributed by atoms with van der Waals surface area (Å²) in [5.74, 6) is 0. The van der Waals surface area contributed by atoms with E-state index >= 15 is 0 Å². The van der Waals surface area contributed by atoms with Crippen LogP contribution in [0.5, 0.6) is 0 Å². The van der Waals surface area contributed by atoms with Gasteiger partial charge >= 0.3 is 0 Å². The van der Waals surface area contributed by atoms with E-state index in [2.05, 4.69) is 4.74 Å². The predicted octanol–water partition coefficient (Wildman–Crippen LogP) is 1.90. The van der Waals surface area contributed by atoms with E-state index in [1.54, 1.807) is 26.7 Å². The molecular weight excluding hydrogens is 128 g/mol. The fraction of sp³-hybridized carbons (Fsp3) is 0.375. The molecule has 0 atom stereocenters. The van der Waals surface area contributed by atoms with Gasteiger partial charge in [0.2, 0.25) is 0 Å². The second-order valence-corrected chi connectivity index (χ2v) is 1.64. The van der Waals surface area contributed by atoms with Gasteiger partial charge in [-0.15, -0.1) is 0 Å². The predicted molar refractivity (Wildman–Crippen MR) is 41.2 cm³/mol. The number of methoxy groups -OCH3 is 2. The van der Waals surface area contributed by atoms with Crippen LogP contribution >= 0.6 is 0 Å². The normalized spacial score (nSPS) is 11.0. The Hall–Kier alpha value is -0.920. The zero-order valence-corrected chi connectivity index (χ0v) is 6.41. The summed E-state index contributed by atoms with van der Waals surface area (Å²) in [4.78, 5) is 0. The van der Waals surface area contributed by atoms with E-state index in [1.807, 2.05) is 18.6 Å². The molecule has 0 spiro atoms. The summed E-state index contributed by atoms with van der Waals surface area (Å²) in [5, 5.41) is 0. The molecule has 0 fully saturated rings. The van der Waals surface area contributed by atoms with Gasteiger partial charge in [0.25, 0.3) is 0 Å². The summed E-state index contributed by atoms with van der Waals surface area (Å²) in [6.45, 7) is 0. The van der Waals surface area contributed by atoms with Gasteiger partial charge in [-0.1, -0.05) is 0 Å². The third-order valence-corrected chi connectivity index (χ3v) is 0.855. The highest BCUT2D eigenvalue weighted by molar-refractivity contribution is 4.95. The number of unbranched alkanes of at least 4 members (excludes halogenated alkanes) is 1. The molecule has 2 heteroatoms. The second kappa shape index (κ2) is 8.08. The van der Waals surface area contributed by atoms with Gasteiger partial charge in [0.05, 0.1) is 26.7 Å². The molecule has 10 heavy (non-hydrogen) atoms. The molecule has 0 N–H and O–H groups in total. The number of hydrogen-bond donors (Lipinski definition) is 0. The maximum absolute atomic E-state index is 4.69. The van der Waals surface area contributed by atoms with E-state index < -0.39 is 0 Å². The van der Waals surface area contributed by atoms with Gasteiger partial charge in [-0.25, -0.2) is 0 Å². The summed E-state index contributed by atoms with van der Waals surface area (Å²) >= 11 is 0. The Morgan fingerprint density at radius 2 is 1.80 bits per heavy atom. The lowest BCUT2D eigenvalue weighted by atomic mass is 10.3. The maximum atomic E-state index is 4.69. The van der Waals surface area contributed by atoms with Gasteiger partial charge < -0.3 is 9.47 Å². The molecule has 2 nitrogen and oxygen atoms in total. The number of rotatable bonds is 5. The second-order valence-electron chi connectivity index (χ2n) is 1.64. The third kappa shape index (κ3) is 7.08. The first-order chi connectivity index (χ1) is 4.91. The van der Waals surface area contributed by atoms with Crippen LogP contribution in [0, 0.1) is 6.42 Å². The molecule has 0 amide bonds. The minimum Gasteiger partial charge on any atom is -0.505 e. The summed E-state index contributed by atoms with van der Waals surface area (Å²) in [5.41, 5.74) is 0. The van der Waals surface area contributed by atoms with Crippen molar-refractivity contribution in [2.75, 3.05) is 14.2 Å². The van der Waals surface area contributed by atoms with Crippen LogP contribution in [0.2, 0.25) is 0 Å². The quantitative estimate of drug-likeness (QED) is 0.430. The Morgan fingerprint density at radius 1 is 1.10 bits per heavy atom. The SMILES string of the molecule is COC=C[CH]CC=COC. The fourth-order valence-electron chi connectivity index (χ4n) is 0.443. The summed E-state index contributed by atoms with van der Waals surface area (Å²) in [7, 11) is 3.25. The van der Waals surface area contributed by atoms with Crippen molar-refractivity contribution in [3.8, 4) is 0 Å². The van der Waals surface area contributed by atoms with Gasteiger partial charge in [-0.2, -0.15) is 0 Å². The molecular formula is C8H13O2. The number of allylic oxidation sites excluding steroid dienone is 2. The molecule has 0 aliphatic carbocycles. The number of ether oxygens (including phenoxy) is 2. The van der Waals surface area contributed by atoms with Crippen LogP contribution in [-0.4, -0.2) is 14.2 Å². The summed E-state index contributed by atoms with van der Waals surface area (Å²) < 4.78 is 9.37. The lowest BCUT2D eigenvalue weighted by Gasteiger charge is -1.87. The largest absolute Gasteiger partial charge is 0.505 e. The van der Waals surface area contributed by atoms with Gasteiger partial charge in [0.15, 0.2) is 0 Å². The average molecular weight is 141 g/mol. The molecule has 0 bridgehead atoms. The van der Waals surface area contributed by atoms with Crippen LogP contribution in [0.15, 0.2) is 24.7 Å². The Kier molecular flexibility index (Phi) is 7.34. The van der Waals surface area contributed by atoms with E-state index in [9.17, 15) is 0 Å². The van der Waals surface area contributed by atoms with Crippen molar-refractivity contribution in [3.05, 3.63) is 31.1 Å². The minimum atomic E-state index is 0.869. The van der Waals surface area contributed by atoms with E-state index in [1.165, 1.54) is 0 Å². The number of hydrogen-bond acceptors (Lipinski definition) is 2. The van der Waals surface area contributed by atoms with Crippen LogP contribution in [-0.2, 0) is 9.47 Å². The molecule has 0 aromatic carbocycles. The zero-order valence-electron chi connectivity index (χ0n) is 6.41. The Balaban J connectivity index is 3.04. The highest BCUT2D eigenvalue weighted by Gasteiger charge is 1.75. The minimum absolute atomic E-state index is 0.869. The molecule has 0 rings (SSSR count). The molecule has 57 valence electrons. The summed E-state index contributed by atoms with van der Waals surface area (Å²) in [6, 6.07) is 0. The van der Waals surface area contributed by atoms with Crippen molar-refractivity contribution in [1.82, 2.24) is 0 Å². The summed E-state index contributed by atoms with van der Waals surface area (Å²) in [6.07, 6.45) is 9.88. The van der Waals surface area contributed by atoms with Crippen molar-refractivity contribution < 1.29 is 9.47 Å². The van der Waals surface area contributed by atoms with Gasteiger partial charge in [0, 0.05) is 0 Å². The Labute approximate surface area is 62.1 Å². The van der Waals surface area contributed by atoms with Crippen LogP contribution in [0.1, 0.15) is 6.42 Å². The van der Waals surface area contributed by atoms with Crippen molar-refractivity contribution >= 4 is 0 Å². The van der Waals surface area contributed by atoms with E-state index in [4.69, 9.17) is 4.74 Å². The Morgan fingerprint density at radius 3 is 2.40 bits per heavy atom. The molecule has 0 unspecified atom stereocenters. The molecule has 0 aromatic rings. The first-order valence-corrected chi connectivity index (χ1v) is 3.10. The Bertz CT molecular complexity index is 91.8. The van der Waals surface area contributed by atoms with E-state index in [0.29, 0.717) is 0 Å². The highest BCUT2D eigenvalue weighted by atomic mass is 16.5. The van der Waals surface area contributed by atoms with Gasteiger partial charge in [-0.3, -0.25) is 0 Å². The van der Waals surface area contributed by atoms with Crippen LogP contribution < -0.4 is 0 Å². The molecule has 0 aliphatic rings. The molecule has 0 aliphatic heterocycles. The van der Waals surface area contributed by atoms with Crippen molar-refractivity contribution in [1.29, 1.82) is 0 Å². The fourth-order valence-corrected chi connectivity index (χ4v) is 0.443. The maximum Gasteiger partial charge on any atom is 0.0787 e. The molecule has 0 aromatic heterocycles. The zero-order chi connectivity index (χ0) is 7.66. The molecule has 0 heterocycles. The van der Waals surface area contributed by atoms with E-state index in [-0.39, 0.29) is 0 Å². The topological polar surface area (TPSA) is 18.5 Å². The van der Waals surface area contributed by atoms with Crippen LogP contribution in [0.25, 0.3) is 0 Å². The van der Waals surface area contributed by atoms with Crippen LogP contribution in [0.4, 0.5) is 0 Å². The first-order valence-electron chi connectivity index (χ1n) is 3.10. The van der Waals surface area contributed by atoms with Crippen molar-refractivity contribution in [3.63, 3.8) is 0 Å². The van der Waals surface area contributed by atoms with Crippen molar-refractivity contribution in [2.24, 2.45) is 0 Å². The first kappa shape index (κ1) is 9.08. The van der Waals surface area contributed by atoms with Gasteiger partial charge in [0.1, 0.15) is 0 Å². The highest BCUT2D eigenvalue weighted by Crippen LogP contribution is 1.90. The average Bonchev–Trinajstić information content (AvgIpc) is 1.97. The van der Waals surface area contributed by atoms with E-state index in [0.717, 1.165) is 6.42 Å². The standard InChI is InChI=1S/C8H13O2/c1-9-7-5-3-4-6-8-10-2/h3,5-8H,4H2,1-2H3. The monoisotopic (exact) mass is 141 g/mol. The van der Waals surface area contributed by atoms with Gasteiger partial charge in [-0.05, 0) is 25.0 Å². The molecule has 0 saturated carbocycles. The molecule has 1 radical (unpaired) electrons. The lowest BCUT2D eigenvalue weighted by Crippen LogP contribution is -1.70. The van der Waals surface area contributed by atoms with Crippen LogP contribution in [0.3, 0.4) is 0 Å². The molecule has 0 saturated heterocycles. The smallest absolute Gasteiger partial charge is 0.0787 e. The van der Waals surface area contributed by atoms with Crippen molar-refractivity contribution in [2.45, 2.75) is 6.42 Å². The third-order valence-electron chi connectivity index (χ3n) is 0.855.